The summed E-state index contributed by atoms with van der Waals surface area (Å²) in [5.74, 6) is -18.3. The van der Waals surface area contributed by atoms with Crippen molar-refractivity contribution in [2.75, 3.05) is 37.7 Å². The zero-order valence-electron chi connectivity index (χ0n) is 57.2. The minimum atomic E-state index is -1.85. The van der Waals surface area contributed by atoms with Crippen molar-refractivity contribution < 1.29 is 97.1 Å². The summed E-state index contributed by atoms with van der Waals surface area (Å²) in [6.45, 7) is 5.62. The van der Waals surface area contributed by atoms with Crippen molar-refractivity contribution in [3.8, 4) is 5.75 Å². The van der Waals surface area contributed by atoms with E-state index in [0.717, 1.165) is 4.90 Å². The summed E-state index contributed by atoms with van der Waals surface area (Å²) in [5.41, 5.74) is 17.7. The van der Waals surface area contributed by atoms with Crippen molar-refractivity contribution in [3.63, 3.8) is 0 Å². The number of carboxylic acids is 3. The number of primary amides is 1. The van der Waals surface area contributed by atoms with Crippen molar-refractivity contribution in [2.24, 2.45) is 29.0 Å². The van der Waals surface area contributed by atoms with E-state index in [1.807, 2.05) is 0 Å². The number of phenols is 1. The number of hydrogen-bond donors (Lipinski definition) is 20. The highest BCUT2D eigenvalue weighted by atomic mass is 32.1. The third-order valence-electron chi connectivity index (χ3n) is 16.3. The van der Waals surface area contributed by atoms with Crippen LogP contribution in [0.5, 0.6) is 5.75 Å². The Hall–Kier alpha value is -9.62. The Morgan fingerprint density at radius 3 is 1.59 bits per heavy atom. The number of nitrogens with one attached hydrogen (secondary N) is 11. The number of amides is 13. The van der Waals surface area contributed by atoms with Crippen LogP contribution in [0.1, 0.15) is 116 Å². The molecule has 0 aliphatic carbocycles. The number of thiol groups is 2. The van der Waals surface area contributed by atoms with Gasteiger partial charge in [-0.2, -0.15) is 25.3 Å². The van der Waals surface area contributed by atoms with Crippen LogP contribution in [0.15, 0.2) is 54.6 Å². The van der Waals surface area contributed by atoms with E-state index < -0.39 is 205 Å². The number of unbranched alkanes of at least 4 members (excludes halogenated alkanes) is 1. The molecule has 1 saturated heterocycles. The monoisotopic (exact) mass is 1470 g/mol. The summed E-state index contributed by atoms with van der Waals surface area (Å²) >= 11 is 8.53. The molecule has 12 atom stereocenters. The maximum absolute atomic E-state index is 14.3. The van der Waals surface area contributed by atoms with Gasteiger partial charge in [-0.3, -0.25) is 71.9 Å². The predicted molar refractivity (Wildman–Crippen MR) is 373 cm³/mol. The molecule has 564 valence electrons. The van der Waals surface area contributed by atoms with Crippen molar-refractivity contribution in [1.82, 2.24) is 63.4 Å². The van der Waals surface area contributed by atoms with Gasteiger partial charge in [-0.15, -0.1) is 0 Å². The van der Waals surface area contributed by atoms with Gasteiger partial charge in [0.05, 0.1) is 25.6 Å². The van der Waals surface area contributed by atoms with E-state index in [4.69, 9.17) is 17.2 Å². The number of carbonyl (C=O) groups is 16. The first-order chi connectivity index (χ1) is 48.2. The molecule has 1 fully saturated rings. The molecule has 1 heterocycles. The maximum atomic E-state index is 14.3. The number of phenolic OH excluding ortho intramolecular Hbond substituents is 1. The maximum Gasteiger partial charge on any atom is 0.326 e. The Bertz CT molecular complexity index is 3240. The van der Waals surface area contributed by atoms with Crippen LogP contribution in [0.3, 0.4) is 0 Å². The second-order valence-corrected chi connectivity index (χ2v) is 25.7. The lowest BCUT2D eigenvalue weighted by molar-refractivity contribution is -0.143. The molecule has 0 aromatic heterocycles. The highest BCUT2D eigenvalue weighted by Crippen LogP contribution is 2.21. The van der Waals surface area contributed by atoms with Gasteiger partial charge < -0.3 is 101 Å². The Morgan fingerprint density at radius 2 is 1.06 bits per heavy atom. The van der Waals surface area contributed by atoms with Crippen LogP contribution in [0, 0.1) is 11.8 Å². The van der Waals surface area contributed by atoms with Crippen molar-refractivity contribution in [2.45, 2.75) is 184 Å². The van der Waals surface area contributed by atoms with E-state index in [1.54, 1.807) is 58.0 Å². The van der Waals surface area contributed by atoms with Gasteiger partial charge in [0.2, 0.25) is 76.8 Å². The smallest absolute Gasteiger partial charge is 0.326 e. The molecule has 21 N–H and O–H groups in total. The molecule has 0 bridgehead atoms. The molecular weight excluding hydrogens is 1370 g/mol. The molecule has 0 unspecified atom stereocenters. The normalized spacial score (nSPS) is 15.8. The second-order valence-electron chi connectivity index (χ2n) is 24.9. The molecule has 0 spiro atoms. The lowest BCUT2D eigenvalue weighted by Crippen LogP contribution is -2.61. The van der Waals surface area contributed by atoms with E-state index in [9.17, 15) is 97.1 Å². The van der Waals surface area contributed by atoms with Crippen LogP contribution in [0.4, 0.5) is 0 Å². The summed E-state index contributed by atoms with van der Waals surface area (Å²) in [6, 6.07) is -2.36. The van der Waals surface area contributed by atoms with Crippen molar-refractivity contribution in [3.05, 3.63) is 65.7 Å². The summed E-state index contributed by atoms with van der Waals surface area (Å²) in [5, 5.41) is 65.8. The van der Waals surface area contributed by atoms with Crippen LogP contribution in [0.2, 0.25) is 0 Å². The zero-order valence-corrected chi connectivity index (χ0v) is 59.0. The lowest BCUT2D eigenvalue weighted by atomic mass is 9.97. The molecule has 0 saturated carbocycles. The van der Waals surface area contributed by atoms with Crippen molar-refractivity contribution in [1.29, 1.82) is 0 Å². The van der Waals surface area contributed by atoms with Crippen LogP contribution >= 0.6 is 25.3 Å². The number of aromatic hydroxyl groups is 1. The molecule has 1 aliphatic rings. The number of carboxylic acid groups (broad SMARTS) is 3. The van der Waals surface area contributed by atoms with Crippen LogP contribution in [0.25, 0.3) is 0 Å². The van der Waals surface area contributed by atoms with Gasteiger partial charge in [-0.1, -0.05) is 83.0 Å². The van der Waals surface area contributed by atoms with Crippen molar-refractivity contribution >= 4 is 120 Å². The number of rotatable bonds is 46. The molecule has 13 amide bonds. The van der Waals surface area contributed by atoms with Gasteiger partial charge in [-0.05, 0) is 86.6 Å². The summed E-state index contributed by atoms with van der Waals surface area (Å²) in [4.78, 5) is 213. The van der Waals surface area contributed by atoms with E-state index in [1.165, 1.54) is 24.3 Å². The number of nitrogens with zero attached hydrogens (tertiary/aromatic N) is 1. The van der Waals surface area contributed by atoms with Gasteiger partial charge in [0.15, 0.2) is 0 Å². The van der Waals surface area contributed by atoms with Gasteiger partial charge in [0.25, 0.3) is 0 Å². The molecule has 3 rings (SSSR count). The minimum Gasteiger partial charge on any atom is -0.508 e. The summed E-state index contributed by atoms with van der Waals surface area (Å²) in [7, 11) is 0. The summed E-state index contributed by atoms with van der Waals surface area (Å²) < 4.78 is 0. The first-order valence-electron chi connectivity index (χ1n) is 33.2. The predicted octanol–water partition coefficient (Wildman–Crippen LogP) is -4.14. The first-order valence-corrected chi connectivity index (χ1v) is 34.5. The third-order valence-corrected chi connectivity index (χ3v) is 17.0. The van der Waals surface area contributed by atoms with Gasteiger partial charge >= 0.3 is 17.9 Å². The van der Waals surface area contributed by atoms with E-state index >= 15 is 0 Å². The highest BCUT2D eigenvalue weighted by Gasteiger charge is 2.41. The number of benzene rings is 2. The van der Waals surface area contributed by atoms with E-state index in [-0.39, 0.29) is 68.9 Å². The second kappa shape index (κ2) is 44.6. The Kier molecular flexibility index (Phi) is 37.9. The molecule has 35 nitrogen and oxygen atoms in total. The van der Waals surface area contributed by atoms with E-state index in [0.29, 0.717) is 43.4 Å². The zero-order chi connectivity index (χ0) is 76.3. The fourth-order valence-corrected chi connectivity index (χ4v) is 11.0. The largest absolute Gasteiger partial charge is 0.508 e. The fourth-order valence-electron chi connectivity index (χ4n) is 10.5. The number of likely N-dealkylation sites (tertiary alicyclic amines) is 1. The molecular formula is C65H97N15O20S2. The Labute approximate surface area is 600 Å². The van der Waals surface area contributed by atoms with Crippen LogP contribution < -0.4 is 75.7 Å². The van der Waals surface area contributed by atoms with Gasteiger partial charge in [-0.25, -0.2) is 4.79 Å². The van der Waals surface area contributed by atoms with Gasteiger partial charge in [0, 0.05) is 43.7 Å². The van der Waals surface area contributed by atoms with Gasteiger partial charge in [0.1, 0.15) is 66.2 Å². The first kappa shape index (κ1) is 86.6. The van der Waals surface area contributed by atoms with Crippen LogP contribution in [-0.4, -0.2) is 224 Å². The average molecular weight is 1470 g/mol. The molecule has 37 heteroatoms. The van der Waals surface area contributed by atoms with Crippen LogP contribution in [-0.2, 0) is 89.6 Å². The Morgan fingerprint density at radius 1 is 0.549 bits per heavy atom. The van der Waals surface area contributed by atoms with E-state index in [2.05, 4.69) is 83.7 Å². The number of carbonyl (C=O) groups excluding carboxylic acids is 13. The Balaban J connectivity index is 1.77. The number of aliphatic carboxylic acids is 3. The molecule has 102 heavy (non-hydrogen) atoms. The number of nitrogens with two attached hydrogens (primary N) is 3. The third kappa shape index (κ3) is 30.7. The molecule has 2 aromatic carbocycles. The number of hydrogen-bond acceptors (Lipinski definition) is 21. The SMILES string of the molecule is CC[C@H](C)[C@H](NC(=O)[C@@H](N)CCCCN)C(=O)NCC(=O)N[C@@H](Cc1ccc(O)cc1)C(=O)N[C@@H](CCC(=O)O)C(=O)N[C@@H](CS)C(=O)N[C@@H](CC(C)C)C(=O)N[C@@H](CS)C(=O)N1CCC[C@H]1C(=O)N[C@@H](CC(=O)O)C(=O)NCC(=O)N[C@@H](Cc1ccccc1)C(=O)N[C@@H](CCC(N)=O)C(=O)O. The fraction of sp³-hybridized carbons (Fsp3) is 0.569. The molecule has 2 aromatic rings. The quantitative estimate of drug-likeness (QED) is 0.0221. The highest BCUT2D eigenvalue weighted by molar-refractivity contribution is 7.80. The summed E-state index contributed by atoms with van der Waals surface area (Å²) in [6.07, 6.45) is -1.43. The molecule has 1 aliphatic heterocycles. The lowest BCUT2D eigenvalue weighted by Gasteiger charge is -2.30. The topological polar surface area (TPSA) is 568 Å². The average Bonchev–Trinajstić information content (AvgIpc) is 1.62. The molecule has 0 radical (unpaired) electrons. The standard InChI is InChI=1S/C65H97N15O20S2/c1-5-35(4)54(79-55(89)39(67)14-9-10-24-66)63(97)70-31-51(84)72-44(28-37-16-18-38(81)19-17-37)59(93)73-40(21-23-52(85)86)57(91)77-46(32-101)61(95)75-42(26-34(2)3)58(92)78-47(33-102)64(98)80-25-11-15-48(80)62(96)76-45(29-53(87)88)56(90)69-30-50(83)71-43(27-36-12-7-6-8-13-36)60(94)74-41(65(99)100)20-22-49(68)82/h6-8,12-13,16-19,34-35,39-48,54,81,101-102H,5,9-11,14-15,20-33,66-67H2,1-4H3,(H2,68,82)(H,69,90)(H,70,97)(H,71,83)(H,72,84)(H,73,93)(H,74,94)(H,75,95)(H,76,96)(H,77,91)(H,78,92)(H,79,89)(H,85,86)(H,87,88)(H,99,100)/t35-,39-,40-,41-,42-,43-,44-,45-,46-,47-,48-,54-/m0/s1. The minimum absolute atomic E-state index is 0.0106.